The van der Waals surface area contributed by atoms with Gasteiger partial charge in [-0.1, -0.05) is 18.2 Å². The van der Waals surface area contributed by atoms with Crippen LogP contribution in [0.4, 0.5) is 5.69 Å². The van der Waals surface area contributed by atoms with Gasteiger partial charge >= 0.3 is 13.7 Å². The predicted octanol–water partition coefficient (Wildman–Crippen LogP) is 3.39. The topological polar surface area (TPSA) is 120 Å². The van der Waals surface area contributed by atoms with Crippen molar-refractivity contribution < 1.29 is 28.1 Å². The molecule has 1 aliphatic rings. The molecule has 11 heteroatoms. The van der Waals surface area contributed by atoms with Crippen molar-refractivity contribution in [1.29, 1.82) is 0 Å². The van der Waals surface area contributed by atoms with Gasteiger partial charge in [0.1, 0.15) is 23.6 Å². The monoisotopic (exact) mass is 449 g/mol. The summed E-state index contributed by atoms with van der Waals surface area (Å²) in [5, 5.41) is 13.4. The summed E-state index contributed by atoms with van der Waals surface area (Å²) in [4.78, 5) is 24.8. The highest BCUT2D eigenvalue weighted by atomic mass is 31.2. The zero-order chi connectivity index (χ0) is 22.4. The molecule has 0 bridgehead atoms. The minimum absolute atomic E-state index is 0.0790. The van der Waals surface area contributed by atoms with Crippen LogP contribution in [0.25, 0.3) is 0 Å². The Morgan fingerprint density at radius 3 is 2.32 bits per heavy atom. The molecule has 1 N–H and O–H groups in total. The van der Waals surface area contributed by atoms with E-state index in [0.717, 1.165) is 13.0 Å². The molecule has 2 aromatic carbocycles. The normalized spacial score (nSPS) is 19.2. The summed E-state index contributed by atoms with van der Waals surface area (Å²) in [5.74, 6) is -0.238. The third-order valence-corrected chi connectivity index (χ3v) is 6.18. The summed E-state index contributed by atoms with van der Waals surface area (Å²) in [6, 6.07) is 12.4. The third-order valence-electron chi connectivity index (χ3n) is 4.58. The van der Waals surface area contributed by atoms with Gasteiger partial charge in [-0.05, 0) is 44.7 Å². The maximum absolute atomic E-state index is 13.5. The summed E-state index contributed by atoms with van der Waals surface area (Å²) in [5.41, 5.74) is -0.141. The van der Waals surface area contributed by atoms with Gasteiger partial charge in [-0.15, -0.1) is 0 Å². The molecule has 1 fully saturated rings. The Labute approximate surface area is 179 Å². The lowest BCUT2D eigenvalue weighted by atomic mass is 10.3. The number of rotatable bonds is 9. The fourth-order valence-corrected chi connectivity index (χ4v) is 4.53. The van der Waals surface area contributed by atoms with Crippen molar-refractivity contribution in [2.45, 2.75) is 25.5 Å². The predicted molar refractivity (Wildman–Crippen MR) is 113 cm³/mol. The van der Waals surface area contributed by atoms with Gasteiger partial charge in [-0.3, -0.25) is 14.9 Å². The number of nitro groups is 1. The van der Waals surface area contributed by atoms with Crippen molar-refractivity contribution in [3.05, 3.63) is 64.7 Å². The first kappa shape index (κ1) is 22.7. The van der Waals surface area contributed by atoms with Gasteiger partial charge in [0.25, 0.3) is 5.69 Å². The molecule has 3 rings (SSSR count). The summed E-state index contributed by atoms with van der Waals surface area (Å²) in [7, 11) is -2.16. The highest BCUT2D eigenvalue weighted by Gasteiger charge is 2.35. The number of non-ortho nitro benzene ring substituents is 1. The number of hydrogen-bond acceptors (Lipinski definition) is 8. The standard InChI is InChI=1S/C20H24N3O7P/c1-15(20(24)28-19-12-13-22(2)14-19)21-31(27,29-17-6-4-3-5-7-17)30-18-10-8-16(9-11-18)23(25)26/h3-11,15,19H,12-14H2,1-2H3,(H,21,27). The molecule has 0 spiro atoms. The van der Waals surface area contributed by atoms with Crippen LogP contribution in [0.15, 0.2) is 54.6 Å². The van der Waals surface area contributed by atoms with Crippen LogP contribution in [-0.4, -0.2) is 48.1 Å². The molecule has 0 radical (unpaired) electrons. The molecule has 1 aliphatic heterocycles. The number of ether oxygens (including phenoxy) is 1. The van der Waals surface area contributed by atoms with E-state index in [1.807, 2.05) is 7.05 Å². The van der Waals surface area contributed by atoms with E-state index in [1.54, 1.807) is 30.3 Å². The Balaban J connectivity index is 1.74. The number of nitrogens with zero attached hydrogens (tertiary/aromatic N) is 2. The van der Waals surface area contributed by atoms with Crippen LogP contribution < -0.4 is 14.1 Å². The molecule has 3 atom stereocenters. The summed E-state index contributed by atoms with van der Waals surface area (Å²) in [6.45, 7) is 2.97. The van der Waals surface area contributed by atoms with E-state index in [0.29, 0.717) is 6.54 Å². The Hall–Kier alpha value is -2.94. The number of esters is 1. The van der Waals surface area contributed by atoms with Crippen molar-refractivity contribution in [1.82, 2.24) is 9.99 Å². The van der Waals surface area contributed by atoms with E-state index in [2.05, 4.69) is 9.99 Å². The second-order valence-electron chi connectivity index (χ2n) is 7.20. The van der Waals surface area contributed by atoms with E-state index in [1.165, 1.54) is 31.2 Å². The zero-order valence-electron chi connectivity index (χ0n) is 17.2. The Morgan fingerprint density at radius 2 is 1.77 bits per heavy atom. The van der Waals surface area contributed by atoms with Crippen LogP contribution in [0.3, 0.4) is 0 Å². The van der Waals surface area contributed by atoms with Crippen LogP contribution in [-0.2, 0) is 14.1 Å². The van der Waals surface area contributed by atoms with E-state index < -0.39 is 24.7 Å². The minimum Gasteiger partial charge on any atom is -0.460 e. The number of likely N-dealkylation sites (N-methyl/N-ethyl adjacent to an activating group) is 1. The molecule has 2 aromatic rings. The lowest BCUT2D eigenvalue weighted by Gasteiger charge is -2.24. The van der Waals surface area contributed by atoms with Gasteiger partial charge in [-0.2, -0.15) is 5.09 Å². The van der Waals surface area contributed by atoms with Crippen molar-refractivity contribution in [3.8, 4) is 11.5 Å². The van der Waals surface area contributed by atoms with Crippen LogP contribution in [0, 0.1) is 10.1 Å². The highest BCUT2D eigenvalue weighted by Crippen LogP contribution is 2.45. The molecule has 0 saturated carbocycles. The van der Waals surface area contributed by atoms with Gasteiger partial charge in [0, 0.05) is 25.2 Å². The molecule has 3 unspecified atom stereocenters. The average Bonchev–Trinajstić information content (AvgIpc) is 3.13. The fraction of sp³-hybridized carbons (Fsp3) is 0.350. The van der Waals surface area contributed by atoms with Crippen LogP contribution >= 0.6 is 7.75 Å². The van der Waals surface area contributed by atoms with Crippen molar-refractivity contribution in [2.24, 2.45) is 0 Å². The molecule has 0 aliphatic carbocycles. The summed E-state index contributed by atoms with van der Waals surface area (Å²) >= 11 is 0. The second kappa shape index (κ2) is 9.91. The first-order valence-electron chi connectivity index (χ1n) is 9.70. The van der Waals surface area contributed by atoms with Crippen molar-refractivity contribution in [3.63, 3.8) is 0 Å². The van der Waals surface area contributed by atoms with Gasteiger partial charge in [0.05, 0.1) is 4.92 Å². The number of para-hydroxylation sites is 1. The molecular formula is C20H24N3O7P. The second-order valence-corrected chi connectivity index (χ2v) is 8.82. The lowest BCUT2D eigenvalue weighted by Crippen LogP contribution is -2.38. The van der Waals surface area contributed by atoms with Crippen molar-refractivity contribution in [2.75, 3.05) is 20.1 Å². The summed E-state index contributed by atoms with van der Waals surface area (Å²) < 4.78 is 30.0. The quantitative estimate of drug-likeness (QED) is 0.266. The van der Waals surface area contributed by atoms with E-state index >= 15 is 0 Å². The van der Waals surface area contributed by atoms with E-state index in [-0.39, 0.29) is 23.3 Å². The molecule has 1 saturated heterocycles. The van der Waals surface area contributed by atoms with Crippen LogP contribution in [0.1, 0.15) is 13.3 Å². The van der Waals surface area contributed by atoms with Crippen LogP contribution in [0.5, 0.6) is 11.5 Å². The van der Waals surface area contributed by atoms with Gasteiger partial charge in [0.2, 0.25) is 0 Å². The molecule has 0 amide bonds. The number of hydrogen-bond donors (Lipinski definition) is 1. The van der Waals surface area contributed by atoms with Crippen LogP contribution in [0.2, 0.25) is 0 Å². The SMILES string of the molecule is CC(NP(=O)(Oc1ccccc1)Oc1ccc([N+](=O)[O-])cc1)C(=O)OC1CCN(C)C1. The molecule has 31 heavy (non-hydrogen) atoms. The average molecular weight is 449 g/mol. The first-order valence-corrected chi connectivity index (χ1v) is 11.2. The number of benzene rings is 2. The number of nitro benzene ring substituents is 1. The fourth-order valence-electron chi connectivity index (χ4n) is 3.01. The Kier molecular flexibility index (Phi) is 7.27. The Morgan fingerprint density at radius 1 is 1.16 bits per heavy atom. The third kappa shape index (κ3) is 6.52. The molecular weight excluding hydrogens is 425 g/mol. The maximum atomic E-state index is 13.5. The van der Waals surface area contributed by atoms with Gasteiger partial charge < -0.3 is 18.7 Å². The summed E-state index contributed by atoms with van der Waals surface area (Å²) in [6.07, 6.45) is 0.499. The first-order chi connectivity index (χ1) is 14.7. The van der Waals surface area contributed by atoms with Crippen molar-refractivity contribution >= 4 is 19.4 Å². The number of nitrogens with one attached hydrogen (secondary N) is 1. The Bertz CT molecular complexity index is 955. The number of likely N-dealkylation sites (tertiary alicyclic amines) is 1. The highest BCUT2D eigenvalue weighted by molar-refractivity contribution is 7.52. The van der Waals surface area contributed by atoms with E-state index in [9.17, 15) is 19.5 Å². The van der Waals surface area contributed by atoms with Gasteiger partial charge in [0.15, 0.2) is 0 Å². The smallest absolute Gasteiger partial charge is 0.460 e. The van der Waals surface area contributed by atoms with Gasteiger partial charge in [-0.25, -0.2) is 4.57 Å². The molecule has 10 nitrogen and oxygen atoms in total. The molecule has 1 heterocycles. The zero-order valence-corrected chi connectivity index (χ0v) is 18.1. The maximum Gasteiger partial charge on any atom is 0.513 e. The minimum atomic E-state index is -4.10. The number of carbonyl (C=O) groups is 1. The lowest BCUT2D eigenvalue weighted by molar-refractivity contribution is -0.384. The van der Waals surface area contributed by atoms with E-state index in [4.69, 9.17) is 13.8 Å². The molecule has 166 valence electrons. The molecule has 0 aromatic heterocycles. The number of carbonyl (C=O) groups excluding carboxylic acids is 1. The largest absolute Gasteiger partial charge is 0.513 e.